The fourth-order valence-corrected chi connectivity index (χ4v) is 4.74. The number of ether oxygens (including phenoxy) is 1. The minimum atomic E-state index is -1.07. The Morgan fingerprint density at radius 1 is 0.644 bits per heavy atom. The molecule has 2 N–H and O–H groups in total. The third kappa shape index (κ3) is 7.48. The molecule has 0 spiro atoms. The number of nitrogens with zero attached hydrogens (tertiary/aromatic N) is 3. The first-order chi connectivity index (χ1) is 30.5. The molecule has 0 aromatic heterocycles. The zero-order valence-corrected chi connectivity index (χ0v) is 24.5. The van der Waals surface area contributed by atoms with Gasteiger partial charge in [0.05, 0.1) is 56.4 Å². The molecule has 6 heteroatoms. The zero-order valence-electron chi connectivity index (χ0n) is 44.5. The van der Waals surface area contributed by atoms with Crippen LogP contribution in [0.2, 0.25) is 0 Å². The number of unbranched alkanes of at least 4 members (excludes halogenated alkanes) is 1. The monoisotopic (exact) mass is 615 g/mol. The van der Waals surface area contributed by atoms with Crippen molar-refractivity contribution in [2.45, 2.75) is 45.1 Å². The van der Waals surface area contributed by atoms with Gasteiger partial charge in [0.25, 0.3) is 0 Å². The summed E-state index contributed by atoms with van der Waals surface area (Å²) in [5.41, 5.74) is -2.21. The lowest BCUT2D eigenvalue weighted by atomic mass is 10.0. The Morgan fingerprint density at radius 2 is 1.11 bits per heavy atom. The van der Waals surface area contributed by atoms with E-state index in [9.17, 15) is 0 Å². The molecule has 2 heterocycles. The van der Waals surface area contributed by atoms with Crippen molar-refractivity contribution in [3.63, 3.8) is 0 Å². The molecule has 45 heavy (non-hydrogen) atoms. The average Bonchev–Trinajstić information content (AvgIpc) is 3.28. The lowest BCUT2D eigenvalue weighted by Gasteiger charge is -2.36. The van der Waals surface area contributed by atoms with Crippen LogP contribution in [0.5, 0.6) is 0 Å². The number of hydrogen-bond donors (Lipinski definition) is 2. The van der Waals surface area contributed by atoms with E-state index in [-0.39, 0.29) is 57.7 Å². The minimum absolute atomic E-state index is 0.0623. The van der Waals surface area contributed by atoms with Crippen molar-refractivity contribution in [1.82, 2.24) is 15.5 Å². The summed E-state index contributed by atoms with van der Waals surface area (Å²) >= 11 is 0. The maximum absolute atomic E-state index is 8.73. The summed E-state index contributed by atoms with van der Waals surface area (Å²) in [5, 5.41) is 6.15. The van der Waals surface area contributed by atoms with Crippen LogP contribution in [-0.2, 0) is 4.74 Å². The van der Waals surface area contributed by atoms with Crippen molar-refractivity contribution in [3.8, 4) is 0 Å². The fourth-order valence-electron chi connectivity index (χ4n) is 4.74. The molecule has 0 radical (unpaired) electrons. The Hall–Kier alpha value is -4.78. The molecule has 0 saturated carbocycles. The standard InChI is InChI=1S/C39H41N5O/c1-29(2)44(34-27-40-36(30-17-7-3-8-18-30)38(42-34)32-21-11-5-12-22-32)25-15-16-26-45-35-28-41-37(31-19-9-4-10-20-31)39(43-35)33-23-13-6-14-24-33/h3-14,17-24,27-29,34-35,42-43H,15-16,25-26H2,1-2H3/i3D,4D,5D,6D,7D,8D,9D,10D,11D,12D,13D,14D,17D,18D,19D,20D,21D,22D,23D,24D. The molecule has 4 aromatic carbocycles. The quantitative estimate of drug-likeness (QED) is 0.162. The molecule has 2 unspecified atom stereocenters. The van der Waals surface area contributed by atoms with Crippen molar-refractivity contribution in [3.05, 3.63) is 143 Å². The van der Waals surface area contributed by atoms with E-state index in [0.717, 1.165) is 0 Å². The van der Waals surface area contributed by atoms with Crippen LogP contribution in [0.4, 0.5) is 0 Å². The SMILES string of the molecule is [2H]c1c([2H])c([2H])c(C2=C(c3c([2H])c([2H])c([2H])c([2H])c3[2H])NC(OCCCCN(C(C)C)C3C=NC(c4c([2H])c([2H])c([2H])c([2H])c4[2H])=C(c4c([2H])c([2H])c([2H])c([2H])c4[2H])N3)C=N2)c([2H])c1[2H]. The highest BCUT2D eigenvalue weighted by molar-refractivity contribution is 5.96. The lowest BCUT2D eigenvalue weighted by Crippen LogP contribution is -2.51. The Kier molecular flexibility index (Phi) is 4.78. The number of benzene rings is 4. The van der Waals surface area contributed by atoms with Gasteiger partial charge in [-0.1, -0.05) is 121 Å². The second-order valence-corrected chi connectivity index (χ2v) is 10.1. The van der Waals surface area contributed by atoms with Crippen LogP contribution < -0.4 is 10.6 Å². The van der Waals surface area contributed by atoms with E-state index in [0.29, 0.717) is 19.4 Å². The number of rotatable bonds is 12. The second-order valence-electron chi connectivity index (χ2n) is 10.1. The molecule has 0 bridgehead atoms. The van der Waals surface area contributed by atoms with Crippen LogP contribution >= 0.6 is 0 Å². The van der Waals surface area contributed by atoms with Gasteiger partial charge in [0.15, 0.2) is 6.23 Å². The van der Waals surface area contributed by atoms with Crippen LogP contribution in [-0.4, -0.2) is 48.9 Å². The van der Waals surface area contributed by atoms with E-state index in [4.69, 9.17) is 32.2 Å². The van der Waals surface area contributed by atoms with Gasteiger partial charge in [0.1, 0.15) is 6.17 Å². The second kappa shape index (κ2) is 14.8. The van der Waals surface area contributed by atoms with Crippen LogP contribution in [0.25, 0.3) is 22.8 Å². The molecular weight excluding hydrogens is 554 g/mol. The first kappa shape index (κ1) is 14.5. The Balaban J connectivity index is 1.26. The molecule has 2 aliphatic heterocycles. The van der Waals surface area contributed by atoms with E-state index in [1.54, 1.807) is 0 Å². The van der Waals surface area contributed by atoms with Gasteiger partial charge >= 0.3 is 0 Å². The summed E-state index contributed by atoms with van der Waals surface area (Å²) < 4.78 is 174. The first-order valence-electron chi connectivity index (χ1n) is 24.2. The molecule has 4 aromatic rings. The van der Waals surface area contributed by atoms with E-state index in [2.05, 4.69) is 20.6 Å². The van der Waals surface area contributed by atoms with E-state index >= 15 is 0 Å². The summed E-state index contributed by atoms with van der Waals surface area (Å²) in [6.45, 7) is 4.18. The largest absolute Gasteiger partial charge is 0.363 e. The third-order valence-corrected chi connectivity index (χ3v) is 6.84. The molecule has 6 nitrogen and oxygen atoms in total. The zero-order chi connectivity index (χ0) is 48.3. The highest BCUT2D eigenvalue weighted by Crippen LogP contribution is 2.30. The lowest BCUT2D eigenvalue weighted by molar-refractivity contribution is 0.0820. The van der Waals surface area contributed by atoms with Crippen LogP contribution in [0.15, 0.2) is 131 Å². The van der Waals surface area contributed by atoms with Crippen molar-refractivity contribution < 1.29 is 32.2 Å². The Bertz CT molecular complexity index is 2660. The Labute approximate surface area is 295 Å². The molecule has 0 amide bonds. The summed E-state index contributed by atoms with van der Waals surface area (Å²) in [6.07, 6.45) is 1.67. The number of aliphatic imine (C=N–C) groups is 2. The first-order valence-corrected chi connectivity index (χ1v) is 14.2. The molecule has 0 aliphatic carbocycles. The van der Waals surface area contributed by atoms with Crippen molar-refractivity contribution in [2.24, 2.45) is 9.98 Å². The highest BCUT2D eigenvalue weighted by Gasteiger charge is 2.26. The molecular formula is C39H41N5O. The predicted molar refractivity (Wildman–Crippen MR) is 187 cm³/mol. The van der Waals surface area contributed by atoms with E-state index in [1.807, 2.05) is 18.7 Å². The maximum Gasteiger partial charge on any atom is 0.164 e. The van der Waals surface area contributed by atoms with Gasteiger partial charge in [-0.25, -0.2) is 0 Å². The van der Waals surface area contributed by atoms with Crippen molar-refractivity contribution >= 4 is 35.2 Å². The number of nitrogens with one attached hydrogen (secondary N) is 2. The topological polar surface area (TPSA) is 61.2 Å². The van der Waals surface area contributed by atoms with Gasteiger partial charge < -0.3 is 15.4 Å². The van der Waals surface area contributed by atoms with Crippen LogP contribution in [0.1, 0.15) is 76.4 Å². The van der Waals surface area contributed by atoms with E-state index in [1.165, 1.54) is 12.4 Å². The molecule has 2 aliphatic rings. The van der Waals surface area contributed by atoms with Crippen LogP contribution in [0.3, 0.4) is 0 Å². The van der Waals surface area contributed by atoms with Gasteiger partial charge in [-0.15, -0.1) is 0 Å². The van der Waals surface area contributed by atoms with Crippen LogP contribution in [0, 0.1) is 0 Å². The van der Waals surface area contributed by atoms with Crippen molar-refractivity contribution in [2.75, 3.05) is 13.2 Å². The van der Waals surface area contributed by atoms with Crippen molar-refractivity contribution in [1.29, 1.82) is 0 Å². The minimum Gasteiger partial charge on any atom is -0.363 e. The summed E-state index contributed by atoms with van der Waals surface area (Å²) in [5.74, 6) is 0. The Morgan fingerprint density at radius 3 is 1.62 bits per heavy atom. The van der Waals surface area contributed by atoms with Gasteiger partial charge in [0, 0.05) is 36.5 Å². The van der Waals surface area contributed by atoms with Gasteiger partial charge in [-0.05, 0) is 37.8 Å². The average molecular weight is 616 g/mol. The summed E-state index contributed by atoms with van der Waals surface area (Å²) in [6, 6.07) is -13.0. The van der Waals surface area contributed by atoms with Gasteiger partial charge in [-0.3, -0.25) is 14.9 Å². The maximum atomic E-state index is 8.73. The fraction of sp³-hybridized carbons (Fsp3) is 0.231. The molecule has 228 valence electrons. The molecule has 0 saturated heterocycles. The number of hydrogen-bond acceptors (Lipinski definition) is 6. The molecule has 2 atom stereocenters. The third-order valence-electron chi connectivity index (χ3n) is 6.84. The normalized spacial score (nSPS) is 24.2. The molecule has 6 rings (SSSR count). The predicted octanol–water partition coefficient (Wildman–Crippen LogP) is 7.55. The summed E-state index contributed by atoms with van der Waals surface area (Å²) in [7, 11) is 0. The smallest absolute Gasteiger partial charge is 0.164 e. The highest BCUT2D eigenvalue weighted by atomic mass is 16.5. The van der Waals surface area contributed by atoms with Gasteiger partial charge in [-0.2, -0.15) is 0 Å². The van der Waals surface area contributed by atoms with Gasteiger partial charge in [0.2, 0.25) is 0 Å². The molecule has 0 fully saturated rings. The van der Waals surface area contributed by atoms with E-state index < -0.39 is 133 Å². The summed E-state index contributed by atoms with van der Waals surface area (Å²) in [4.78, 5) is 10.8.